The zero-order valence-electron chi connectivity index (χ0n) is 16.2. The van der Waals surface area contributed by atoms with E-state index in [-0.39, 0.29) is 23.3 Å². The maximum Gasteiger partial charge on any atom is 0.336 e. The van der Waals surface area contributed by atoms with Crippen molar-refractivity contribution in [1.29, 1.82) is 0 Å². The highest BCUT2D eigenvalue weighted by molar-refractivity contribution is 6.11. The third kappa shape index (κ3) is 5.23. The molecule has 3 aromatic carbocycles. The van der Waals surface area contributed by atoms with Crippen molar-refractivity contribution < 1.29 is 24.2 Å². The second-order valence-corrected chi connectivity index (χ2v) is 6.71. The number of hydrogen-bond acceptors (Lipinski definition) is 5. The minimum Gasteiger partial charge on any atom is -0.478 e. The van der Waals surface area contributed by atoms with Gasteiger partial charge in [-0.15, -0.1) is 0 Å². The zero-order valence-corrected chi connectivity index (χ0v) is 16.2. The van der Waals surface area contributed by atoms with Crippen LogP contribution in [-0.2, 0) is 11.2 Å². The van der Waals surface area contributed by atoms with Gasteiger partial charge in [0.2, 0.25) is 0 Å². The molecule has 0 heterocycles. The molecule has 30 heavy (non-hydrogen) atoms. The molecule has 1 amide bonds. The lowest BCUT2D eigenvalue weighted by Crippen LogP contribution is -2.17. The van der Waals surface area contributed by atoms with Gasteiger partial charge in [0, 0.05) is 17.8 Å². The quantitative estimate of drug-likeness (QED) is 0.509. The Morgan fingerprint density at radius 2 is 1.50 bits per heavy atom. The lowest BCUT2D eigenvalue weighted by atomic mass is 10.0. The van der Waals surface area contributed by atoms with Gasteiger partial charge in [-0.2, -0.15) is 0 Å². The third-order valence-electron chi connectivity index (χ3n) is 4.24. The molecule has 0 radical (unpaired) electrons. The highest BCUT2D eigenvalue weighted by Gasteiger charge is 2.18. The summed E-state index contributed by atoms with van der Waals surface area (Å²) in [7, 11) is 0. The Balaban J connectivity index is 1.75. The normalized spacial score (nSPS) is 10.3. The molecule has 0 bridgehead atoms. The average Bonchev–Trinajstić information content (AvgIpc) is 2.70. The van der Waals surface area contributed by atoms with Crippen LogP contribution in [0.4, 0.5) is 11.4 Å². The molecule has 0 fully saturated rings. The lowest BCUT2D eigenvalue weighted by molar-refractivity contribution is -0.116. The van der Waals surface area contributed by atoms with E-state index in [1.54, 1.807) is 48.5 Å². The summed E-state index contributed by atoms with van der Waals surface area (Å²) in [6.45, 7) is 1.43. The highest BCUT2D eigenvalue weighted by Crippen LogP contribution is 2.24. The van der Waals surface area contributed by atoms with Gasteiger partial charge in [0.05, 0.1) is 11.1 Å². The lowest BCUT2D eigenvalue weighted by Gasteiger charge is -2.11. The van der Waals surface area contributed by atoms with E-state index in [4.69, 9.17) is 10.5 Å². The van der Waals surface area contributed by atoms with Gasteiger partial charge >= 0.3 is 5.97 Å². The largest absolute Gasteiger partial charge is 0.478 e. The molecule has 0 unspecified atom stereocenters. The van der Waals surface area contributed by atoms with E-state index in [0.717, 1.165) is 0 Å². The second kappa shape index (κ2) is 8.91. The summed E-state index contributed by atoms with van der Waals surface area (Å²) in [5.41, 5.74) is 7.18. The number of aromatic carboxylic acids is 1. The van der Waals surface area contributed by atoms with Crippen molar-refractivity contribution in [1.82, 2.24) is 0 Å². The van der Waals surface area contributed by atoms with Crippen molar-refractivity contribution in [2.45, 2.75) is 13.3 Å². The monoisotopic (exact) mass is 404 g/mol. The summed E-state index contributed by atoms with van der Waals surface area (Å²) in [6.07, 6.45) is 0.122. The topological polar surface area (TPSA) is 119 Å². The van der Waals surface area contributed by atoms with Gasteiger partial charge in [0.15, 0.2) is 0 Å². The van der Waals surface area contributed by atoms with Gasteiger partial charge < -0.3 is 20.9 Å². The molecule has 0 spiro atoms. The molecular weight excluding hydrogens is 384 g/mol. The minimum absolute atomic E-state index is 0.0107. The smallest absolute Gasteiger partial charge is 0.336 e. The first-order valence-corrected chi connectivity index (χ1v) is 9.12. The number of rotatable bonds is 7. The van der Waals surface area contributed by atoms with Gasteiger partial charge in [0.25, 0.3) is 5.91 Å². The van der Waals surface area contributed by atoms with Crippen LogP contribution in [0.25, 0.3) is 0 Å². The predicted molar refractivity (Wildman–Crippen MR) is 113 cm³/mol. The molecule has 3 aromatic rings. The number of nitrogen functional groups attached to an aromatic ring is 1. The first-order chi connectivity index (χ1) is 14.3. The summed E-state index contributed by atoms with van der Waals surface area (Å²) in [4.78, 5) is 35.5. The number of ketones is 1. The van der Waals surface area contributed by atoms with E-state index in [0.29, 0.717) is 28.4 Å². The molecule has 7 nitrogen and oxygen atoms in total. The van der Waals surface area contributed by atoms with Crippen LogP contribution in [0.2, 0.25) is 0 Å². The molecule has 0 saturated heterocycles. The van der Waals surface area contributed by atoms with Crippen molar-refractivity contribution in [2.24, 2.45) is 0 Å². The van der Waals surface area contributed by atoms with Crippen molar-refractivity contribution in [3.05, 3.63) is 83.4 Å². The predicted octanol–water partition coefficient (Wildman–Crippen LogP) is 4.14. The number of hydrogen-bond donors (Lipinski definition) is 3. The molecule has 7 heteroatoms. The number of benzene rings is 3. The van der Waals surface area contributed by atoms with E-state index >= 15 is 0 Å². The number of nitrogens with two attached hydrogens (primary N) is 1. The van der Waals surface area contributed by atoms with Crippen LogP contribution in [-0.4, -0.2) is 22.8 Å². The first-order valence-electron chi connectivity index (χ1n) is 9.12. The van der Waals surface area contributed by atoms with Crippen LogP contribution >= 0.6 is 0 Å². The second-order valence-electron chi connectivity index (χ2n) is 6.71. The molecule has 3 rings (SSSR count). The molecule has 0 aliphatic carbocycles. The standard InChI is InChI=1S/C23H20N2O5/c1-14(26)12-15-2-11-20(23(28)29)21(13-15)22(27)25-17-5-9-19(10-6-17)30-18-7-3-16(24)4-8-18/h2-11,13H,12,24H2,1H3,(H,25,27)(H,28,29). The van der Waals surface area contributed by atoms with Crippen LogP contribution in [0.5, 0.6) is 11.5 Å². The van der Waals surface area contributed by atoms with E-state index in [1.807, 2.05) is 0 Å². The van der Waals surface area contributed by atoms with Crippen molar-refractivity contribution in [2.75, 3.05) is 11.1 Å². The fourth-order valence-corrected chi connectivity index (χ4v) is 2.84. The molecule has 0 aliphatic heterocycles. The minimum atomic E-state index is -1.22. The summed E-state index contributed by atoms with van der Waals surface area (Å²) in [5, 5.41) is 12.0. The third-order valence-corrected chi connectivity index (χ3v) is 4.24. The first kappa shape index (κ1) is 20.6. The Hall–Kier alpha value is -4.13. The van der Waals surface area contributed by atoms with Gasteiger partial charge in [-0.1, -0.05) is 6.07 Å². The maximum atomic E-state index is 12.7. The number of carbonyl (C=O) groups excluding carboxylic acids is 2. The van der Waals surface area contributed by atoms with E-state index in [9.17, 15) is 19.5 Å². The molecule has 0 aromatic heterocycles. The average molecular weight is 404 g/mol. The SMILES string of the molecule is CC(=O)Cc1ccc(C(=O)O)c(C(=O)Nc2ccc(Oc3ccc(N)cc3)cc2)c1. The number of carboxylic acids is 1. The zero-order chi connectivity index (χ0) is 21.7. The summed E-state index contributed by atoms with van der Waals surface area (Å²) in [6, 6.07) is 17.9. The van der Waals surface area contributed by atoms with E-state index < -0.39 is 11.9 Å². The van der Waals surface area contributed by atoms with Crippen molar-refractivity contribution in [3.8, 4) is 11.5 Å². The molecule has 4 N–H and O–H groups in total. The fraction of sp³-hybridized carbons (Fsp3) is 0.0870. The Morgan fingerprint density at radius 3 is 2.07 bits per heavy atom. The molecule has 0 saturated carbocycles. The Bertz CT molecular complexity index is 1090. The number of nitrogens with one attached hydrogen (secondary N) is 1. The van der Waals surface area contributed by atoms with Gasteiger partial charge in [-0.05, 0) is 73.2 Å². The Labute approximate surface area is 173 Å². The number of carbonyl (C=O) groups is 3. The van der Waals surface area contributed by atoms with E-state index in [2.05, 4.69) is 5.32 Å². The Morgan fingerprint density at radius 1 is 0.900 bits per heavy atom. The van der Waals surface area contributed by atoms with E-state index in [1.165, 1.54) is 25.1 Å². The van der Waals surface area contributed by atoms with Gasteiger partial charge in [0.1, 0.15) is 17.3 Å². The molecule has 152 valence electrons. The van der Waals surface area contributed by atoms with Crippen LogP contribution < -0.4 is 15.8 Å². The van der Waals surface area contributed by atoms with Crippen molar-refractivity contribution in [3.63, 3.8) is 0 Å². The van der Waals surface area contributed by atoms with Crippen LogP contribution in [0.3, 0.4) is 0 Å². The summed E-state index contributed by atoms with van der Waals surface area (Å²) in [5.74, 6) is -0.699. The van der Waals surface area contributed by atoms with Crippen LogP contribution in [0, 0.1) is 0 Å². The molecule has 0 atom stereocenters. The fourth-order valence-electron chi connectivity index (χ4n) is 2.84. The number of carboxylic acid groups (broad SMARTS) is 1. The van der Waals surface area contributed by atoms with Gasteiger partial charge in [-0.25, -0.2) is 4.79 Å². The number of anilines is 2. The number of amides is 1. The number of ether oxygens (including phenoxy) is 1. The molecular formula is C23H20N2O5. The highest BCUT2D eigenvalue weighted by atomic mass is 16.5. The Kier molecular flexibility index (Phi) is 6.12. The summed E-state index contributed by atoms with van der Waals surface area (Å²) >= 11 is 0. The maximum absolute atomic E-state index is 12.7. The van der Waals surface area contributed by atoms with Crippen LogP contribution in [0.1, 0.15) is 33.2 Å². The molecule has 0 aliphatic rings. The van der Waals surface area contributed by atoms with Crippen molar-refractivity contribution >= 4 is 29.0 Å². The summed E-state index contributed by atoms with van der Waals surface area (Å²) < 4.78 is 5.70. The van der Waals surface area contributed by atoms with Gasteiger partial charge in [-0.3, -0.25) is 9.59 Å². The van der Waals surface area contributed by atoms with Crippen LogP contribution in [0.15, 0.2) is 66.7 Å². The number of Topliss-reactive ketones (excluding diaryl/α,β-unsaturated/α-hetero) is 1.